The highest BCUT2D eigenvalue weighted by Crippen LogP contribution is 2.29. The van der Waals surface area contributed by atoms with Crippen LogP contribution in [0.2, 0.25) is 0 Å². The lowest BCUT2D eigenvalue weighted by Gasteiger charge is -2.21. The van der Waals surface area contributed by atoms with Gasteiger partial charge in [-0.05, 0) is 41.7 Å². The SMILES string of the molecule is Cc1ccccc1C(=O)c1cc(OCC2CO2)cc(C(C)(C)C)c1. The lowest BCUT2D eigenvalue weighted by Crippen LogP contribution is -2.14. The molecule has 1 saturated heterocycles. The molecule has 0 aromatic heterocycles. The molecule has 0 radical (unpaired) electrons. The zero-order chi connectivity index (χ0) is 17.3. The molecule has 2 aromatic carbocycles. The number of hydrogen-bond donors (Lipinski definition) is 0. The van der Waals surface area contributed by atoms with Gasteiger partial charge in [0.15, 0.2) is 5.78 Å². The van der Waals surface area contributed by atoms with Crippen molar-refractivity contribution in [1.82, 2.24) is 0 Å². The van der Waals surface area contributed by atoms with Gasteiger partial charge in [-0.3, -0.25) is 4.79 Å². The van der Waals surface area contributed by atoms with Crippen LogP contribution in [0.5, 0.6) is 5.75 Å². The van der Waals surface area contributed by atoms with Crippen molar-refractivity contribution in [3.05, 3.63) is 64.7 Å². The first-order chi connectivity index (χ1) is 11.3. The number of carbonyl (C=O) groups is 1. The molecule has 0 spiro atoms. The maximum absolute atomic E-state index is 13.0. The van der Waals surface area contributed by atoms with Gasteiger partial charge in [0.2, 0.25) is 0 Å². The number of hydrogen-bond acceptors (Lipinski definition) is 3. The Labute approximate surface area is 143 Å². The molecule has 1 aliphatic heterocycles. The number of ether oxygens (including phenoxy) is 2. The van der Waals surface area contributed by atoms with E-state index in [0.29, 0.717) is 12.2 Å². The molecule has 0 amide bonds. The van der Waals surface area contributed by atoms with Crippen molar-refractivity contribution in [3.8, 4) is 5.75 Å². The van der Waals surface area contributed by atoms with Gasteiger partial charge < -0.3 is 9.47 Å². The maximum atomic E-state index is 13.0. The van der Waals surface area contributed by atoms with Crippen LogP contribution in [0.3, 0.4) is 0 Å². The van der Waals surface area contributed by atoms with Crippen molar-refractivity contribution in [3.63, 3.8) is 0 Å². The van der Waals surface area contributed by atoms with Crippen LogP contribution in [-0.2, 0) is 10.2 Å². The second-order valence-electron chi connectivity index (χ2n) is 7.41. The summed E-state index contributed by atoms with van der Waals surface area (Å²) in [6, 6.07) is 13.5. The maximum Gasteiger partial charge on any atom is 0.193 e. The van der Waals surface area contributed by atoms with Crippen molar-refractivity contribution in [2.45, 2.75) is 39.2 Å². The first-order valence-corrected chi connectivity index (χ1v) is 8.35. The minimum Gasteiger partial charge on any atom is -0.491 e. The van der Waals surface area contributed by atoms with Gasteiger partial charge in [-0.15, -0.1) is 0 Å². The molecule has 126 valence electrons. The van der Waals surface area contributed by atoms with E-state index >= 15 is 0 Å². The predicted octanol–water partition coefficient (Wildman–Crippen LogP) is 4.30. The lowest BCUT2D eigenvalue weighted by atomic mass is 9.85. The molecule has 0 N–H and O–H groups in total. The Morgan fingerprint density at radius 2 is 1.92 bits per heavy atom. The van der Waals surface area contributed by atoms with E-state index in [-0.39, 0.29) is 17.3 Å². The Hall–Kier alpha value is -2.13. The van der Waals surface area contributed by atoms with Crippen molar-refractivity contribution in [2.75, 3.05) is 13.2 Å². The second kappa shape index (κ2) is 6.40. The van der Waals surface area contributed by atoms with Gasteiger partial charge in [0, 0.05) is 11.1 Å². The number of benzene rings is 2. The Kier molecular flexibility index (Phi) is 4.46. The summed E-state index contributed by atoms with van der Waals surface area (Å²) in [4.78, 5) is 13.0. The zero-order valence-electron chi connectivity index (χ0n) is 14.8. The first-order valence-electron chi connectivity index (χ1n) is 8.35. The van der Waals surface area contributed by atoms with Crippen LogP contribution in [-0.4, -0.2) is 25.1 Å². The molecule has 1 fully saturated rings. The molecule has 3 rings (SSSR count). The minimum atomic E-state index is -0.0593. The summed E-state index contributed by atoms with van der Waals surface area (Å²) >= 11 is 0. The van der Waals surface area contributed by atoms with E-state index in [2.05, 4.69) is 20.8 Å². The number of carbonyl (C=O) groups excluding carboxylic acids is 1. The summed E-state index contributed by atoms with van der Waals surface area (Å²) in [5, 5.41) is 0. The highest BCUT2D eigenvalue weighted by molar-refractivity contribution is 6.10. The Balaban J connectivity index is 1.97. The molecule has 1 unspecified atom stereocenters. The lowest BCUT2D eigenvalue weighted by molar-refractivity contribution is 0.103. The third-order valence-electron chi connectivity index (χ3n) is 4.26. The van der Waals surface area contributed by atoms with Crippen molar-refractivity contribution >= 4 is 5.78 Å². The van der Waals surface area contributed by atoms with Crippen molar-refractivity contribution in [2.24, 2.45) is 0 Å². The average molecular weight is 324 g/mol. The molecule has 1 aliphatic rings. The van der Waals surface area contributed by atoms with Gasteiger partial charge in [0.05, 0.1) is 6.61 Å². The molecule has 1 atom stereocenters. The van der Waals surface area contributed by atoms with Crippen LogP contribution < -0.4 is 4.74 Å². The highest BCUT2D eigenvalue weighted by atomic mass is 16.6. The first kappa shape index (κ1) is 16.7. The van der Waals surface area contributed by atoms with Crippen LogP contribution in [0, 0.1) is 6.92 Å². The molecule has 0 bridgehead atoms. The van der Waals surface area contributed by atoms with Crippen LogP contribution in [0.15, 0.2) is 42.5 Å². The van der Waals surface area contributed by atoms with Gasteiger partial charge in [-0.2, -0.15) is 0 Å². The van der Waals surface area contributed by atoms with E-state index in [4.69, 9.17) is 9.47 Å². The van der Waals surface area contributed by atoms with Gasteiger partial charge in [0.1, 0.15) is 18.5 Å². The minimum absolute atomic E-state index is 0.0340. The van der Waals surface area contributed by atoms with Crippen LogP contribution in [0.25, 0.3) is 0 Å². The zero-order valence-corrected chi connectivity index (χ0v) is 14.8. The Morgan fingerprint density at radius 3 is 2.54 bits per heavy atom. The van der Waals surface area contributed by atoms with Crippen LogP contribution in [0.4, 0.5) is 0 Å². The van der Waals surface area contributed by atoms with E-state index in [9.17, 15) is 4.79 Å². The third-order valence-corrected chi connectivity index (χ3v) is 4.26. The number of aryl methyl sites for hydroxylation is 1. The number of rotatable bonds is 5. The summed E-state index contributed by atoms with van der Waals surface area (Å²) in [5.74, 6) is 0.765. The van der Waals surface area contributed by atoms with Gasteiger partial charge in [-0.1, -0.05) is 45.0 Å². The standard InChI is InChI=1S/C21H24O3/c1-14-7-5-6-8-19(14)20(22)15-9-16(21(2,3)4)11-17(10-15)23-12-18-13-24-18/h5-11,18H,12-13H2,1-4H3. The van der Waals surface area contributed by atoms with Crippen molar-refractivity contribution < 1.29 is 14.3 Å². The summed E-state index contributed by atoms with van der Waals surface area (Å²) in [7, 11) is 0. The monoisotopic (exact) mass is 324 g/mol. The van der Waals surface area contributed by atoms with E-state index < -0.39 is 0 Å². The average Bonchev–Trinajstić information content (AvgIpc) is 3.36. The van der Waals surface area contributed by atoms with E-state index in [1.807, 2.05) is 49.4 Å². The molecular formula is C21H24O3. The largest absolute Gasteiger partial charge is 0.491 e. The Morgan fingerprint density at radius 1 is 1.21 bits per heavy atom. The van der Waals surface area contributed by atoms with E-state index in [0.717, 1.165) is 29.0 Å². The summed E-state index contributed by atoms with van der Waals surface area (Å²) < 4.78 is 11.0. The van der Waals surface area contributed by atoms with Crippen LogP contribution in [0.1, 0.15) is 47.8 Å². The quantitative estimate of drug-likeness (QED) is 0.608. The van der Waals surface area contributed by atoms with E-state index in [1.165, 1.54) is 0 Å². The highest BCUT2D eigenvalue weighted by Gasteiger charge is 2.24. The third kappa shape index (κ3) is 3.85. The molecule has 1 heterocycles. The molecule has 24 heavy (non-hydrogen) atoms. The Bertz CT molecular complexity index is 752. The van der Waals surface area contributed by atoms with E-state index in [1.54, 1.807) is 0 Å². The summed E-state index contributed by atoms with van der Waals surface area (Å²) in [5.41, 5.74) is 3.42. The molecule has 0 saturated carbocycles. The fraction of sp³-hybridized carbons (Fsp3) is 0.381. The smallest absolute Gasteiger partial charge is 0.193 e. The summed E-state index contributed by atoms with van der Waals surface area (Å²) in [6.07, 6.45) is 0.193. The number of epoxide rings is 1. The van der Waals surface area contributed by atoms with Crippen molar-refractivity contribution in [1.29, 1.82) is 0 Å². The fourth-order valence-corrected chi connectivity index (χ4v) is 2.58. The second-order valence-corrected chi connectivity index (χ2v) is 7.41. The molecule has 2 aromatic rings. The predicted molar refractivity (Wildman–Crippen MR) is 95.0 cm³/mol. The fourth-order valence-electron chi connectivity index (χ4n) is 2.58. The molecule has 3 heteroatoms. The molecular weight excluding hydrogens is 300 g/mol. The van der Waals surface area contributed by atoms with Gasteiger partial charge >= 0.3 is 0 Å². The van der Waals surface area contributed by atoms with Gasteiger partial charge in [-0.25, -0.2) is 0 Å². The van der Waals surface area contributed by atoms with Gasteiger partial charge in [0.25, 0.3) is 0 Å². The summed E-state index contributed by atoms with van der Waals surface area (Å²) in [6.45, 7) is 9.66. The topological polar surface area (TPSA) is 38.8 Å². The number of ketones is 1. The molecule has 3 nitrogen and oxygen atoms in total. The normalized spacial score (nSPS) is 16.8. The van der Waals surface area contributed by atoms with Crippen LogP contribution >= 0.6 is 0 Å². The molecule has 0 aliphatic carbocycles.